The molecule has 12 heteroatoms. The van der Waals surface area contributed by atoms with Crippen LogP contribution in [0.2, 0.25) is 0 Å². The molecule has 2 N–H and O–H groups in total. The van der Waals surface area contributed by atoms with Crippen molar-refractivity contribution in [2.75, 3.05) is 65.6 Å². The molecule has 0 aliphatic carbocycles. The molecule has 1 heterocycles. The van der Waals surface area contributed by atoms with E-state index in [1.165, 1.54) is 11.4 Å². The van der Waals surface area contributed by atoms with Crippen molar-refractivity contribution in [2.45, 2.75) is 71.1 Å². The van der Waals surface area contributed by atoms with Crippen LogP contribution in [0.15, 0.2) is 18.2 Å². The van der Waals surface area contributed by atoms with Crippen LogP contribution in [0, 0.1) is 5.92 Å². The third kappa shape index (κ3) is 11.5. The monoisotopic (exact) mass is 598 g/mol. The molecule has 4 atom stereocenters. The van der Waals surface area contributed by atoms with Crippen LogP contribution in [-0.2, 0) is 19.6 Å². The van der Waals surface area contributed by atoms with Crippen LogP contribution in [-0.4, -0.2) is 118 Å². The number of nitrogens with zero attached hydrogens (tertiary/aromatic N) is 3. The minimum Gasteiger partial charge on any atom is -0.490 e. The fourth-order valence-corrected chi connectivity index (χ4v) is 5.05. The minimum absolute atomic E-state index is 0.140. The number of hydrogen-bond donors (Lipinski definition) is 2. The highest BCUT2D eigenvalue weighted by Crippen LogP contribution is 2.28. The summed E-state index contributed by atoms with van der Waals surface area (Å²) >= 11 is 0. The number of nitrogens with one attached hydrogen (secondary N) is 1. The molecule has 1 aromatic carbocycles. The number of ether oxygens (including phenoxy) is 2. The summed E-state index contributed by atoms with van der Waals surface area (Å²) in [6.07, 6.45) is 3.93. The molecule has 11 nitrogen and oxygen atoms in total. The molecule has 1 aliphatic heterocycles. The van der Waals surface area contributed by atoms with Gasteiger partial charge < -0.3 is 29.7 Å². The number of sulfonamides is 1. The van der Waals surface area contributed by atoms with Gasteiger partial charge in [-0.25, -0.2) is 12.7 Å². The summed E-state index contributed by atoms with van der Waals surface area (Å²) in [4.78, 5) is 30.3. The predicted molar refractivity (Wildman–Crippen MR) is 161 cm³/mol. The summed E-state index contributed by atoms with van der Waals surface area (Å²) in [5.41, 5.74) is 0.781. The molecular formula is C29H50N4O7S. The van der Waals surface area contributed by atoms with Crippen LogP contribution in [0.1, 0.15) is 63.2 Å². The Hall–Kier alpha value is -2.25. The van der Waals surface area contributed by atoms with Gasteiger partial charge in [0.1, 0.15) is 5.75 Å². The van der Waals surface area contributed by atoms with Crippen LogP contribution in [0.3, 0.4) is 0 Å². The van der Waals surface area contributed by atoms with E-state index in [-0.39, 0.29) is 43.5 Å². The van der Waals surface area contributed by atoms with Gasteiger partial charge in [-0.3, -0.25) is 9.59 Å². The summed E-state index contributed by atoms with van der Waals surface area (Å²) in [5.74, 6) is -0.323. The number of amides is 2. The van der Waals surface area contributed by atoms with Crippen LogP contribution in [0.5, 0.6) is 5.75 Å². The van der Waals surface area contributed by atoms with E-state index in [0.717, 1.165) is 32.1 Å². The molecule has 0 fully saturated rings. The second kappa shape index (κ2) is 16.4. The van der Waals surface area contributed by atoms with Crippen LogP contribution in [0.25, 0.3) is 0 Å². The van der Waals surface area contributed by atoms with Gasteiger partial charge in [-0.1, -0.05) is 6.92 Å². The first-order valence-electron chi connectivity index (χ1n) is 14.4. The molecule has 0 bridgehead atoms. The van der Waals surface area contributed by atoms with Gasteiger partial charge in [0.2, 0.25) is 15.9 Å². The largest absolute Gasteiger partial charge is 0.490 e. The number of anilines is 1. The Morgan fingerprint density at radius 3 is 2.56 bits per heavy atom. The highest BCUT2D eigenvalue weighted by molar-refractivity contribution is 7.88. The molecule has 2 amide bonds. The Balaban J connectivity index is 2.43. The zero-order valence-corrected chi connectivity index (χ0v) is 26.6. The molecule has 0 aromatic heterocycles. The number of fused-ring (bicyclic) bond motifs is 1. The lowest BCUT2D eigenvalue weighted by atomic mass is 10.0. The normalized spacial score (nSPS) is 22.1. The van der Waals surface area contributed by atoms with E-state index in [1.807, 2.05) is 32.8 Å². The zero-order chi connectivity index (χ0) is 30.7. The van der Waals surface area contributed by atoms with Gasteiger partial charge in [-0.2, -0.15) is 0 Å². The highest BCUT2D eigenvalue weighted by atomic mass is 32.2. The molecule has 1 aromatic rings. The first kappa shape index (κ1) is 34.9. The maximum Gasteiger partial charge on any atom is 0.258 e. The van der Waals surface area contributed by atoms with Gasteiger partial charge in [0.15, 0.2) is 0 Å². The molecule has 0 spiro atoms. The first-order valence-corrected chi connectivity index (χ1v) is 16.3. The SMILES string of the molecule is C[C@H](CO)N1C[C@H](C)[C@H](CN(C)S(C)(=O)=O)OCCCC[C@H](C)Oc2ccc(NC(=O)CCCN(C)C)cc2C1=O. The van der Waals surface area contributed by atoms with E-state index < -0.39 is 22.2 Å². The smallest absolute Gasteiger partial charge is 0.258 e. The second-order valence-corrected chi connectivity index (χ2v) is 13.6. The second-order valence-electron chi connectivity index (χ2n) is 11.5. The topological polar surface area (TPSA) is 129 Å². The van der Waals surface area contributed by atoms with Gasteiger partial charge in [0.25, 0.3) is 5.91 Å². The molecule has 0 saturated carbocycles. The van der Waals surface area contributed by atoms with Crippen LogP contribution in [0.4, 0.5) is 5.69 Å². The Bertz CT molecular complexity index is 1100. The summed E-state index contributed by atoms with van der Waals surface area (Å²) in [5, 5.41) is 13.0. The number of carbonyl (C=O) groups excluding carboxylic acids is 2. The Morgan fingerprint density at radius 2 is 1.93 bits per heavy atom. The third-order valence-electron chi connectivity index (χ3n) is 7.35. The number of aliphatic hydroxyl groups excluding tert-OH is 1. The summed E-state index contributed by atoms with van der Waals surface area (Å²) in [7, 11) is 2.00. The van der Waals surface area contributed by atoms with E-state index in [1.54, 1.807) is 30.0 Å². The van der Waals surface area contributed by atoms with Gasteiger partial charge >= 0.3 is 0 Å². The van der Waals surface area contributed by atoms with Crippen molar-refractivity contribution in [3.05, 3.63) is 23.8 Å². The van der Waals surface area contributed by atoms with E-state index in [9.17, 15) is 23.1 Å². The maximum absolute atomic E-state index is 14.1. The fourth-order valence-electron chi connectivity index (χ4n) is 4.63. The lowest BCUT2D eigenvalue weighted by molar-refractivity contribution is -0.116. The van der Waals surface area contributed by atoms with Crippen molar-refractivity contribution in [3.63, 3.8) is 0 Å². The van der Waals surface area contributed by atoms with Crippen molar-refractivity contribution in [1.29, 1.82) is 0 Å². The molecule has 41 heavy (non-hydrogen) atoms. The van der Waals surface area contributed by atoms with E-state index in [2.05, 4.69) is 5.32 Å². The van der Waals surface area contributed by atoms with Gasteiger partial charge in [0, 0.05) is 44.8 Å². The lowest BCUT2D eigenvalue weighted by Crippen LogP contribution is -2.47. The van der Waals surface area contributed by atoms with E-state index in [4.69, 9.17) is 9.47 Å². The van der Waals surface area contributed by atoms with Gasteiger partial charge in [0.05, 0.1) is 36.7 Å². The summed E-state index contributed by atoms with van der Waals surface area (Å²) in [6.45, 7) is 6.97. The van der Waals surface area contributed by atoms with E-state index in [0.29, 0.717) is 36.4 Å². The van der Waals surface area contributed by atoms with E-state index >= 15 is 0 Å². The number of hydrogen-bond acceptors (Lipinski definition) is 8. The Labute approximate surface area is 246 Å². The van der Waals surface area contributed by atoms with Gasteiger partial charge in [-0.05, 0) is 78.4 Å². The van der Waals surface area contributed by atoms with Crippen molar-refractivity contribution in [1.82, 2.24) is 14.1 Å². The molecule has 1 aliphatic rings. The molecule has 234 valence electrons. The lowest BCUT2D eigenvalue weighted by Gasteiger charge is -2.35. The quantitative estimate of drug-likeness (QED) is 0.421. The molecule has 0 unspecified atom stereocenters. The van der Waals surface area contributed by atoms with Crippen molar-refractivity contribution in [3.8, 4) is 5.75 Å². The van der Waals surface area contributed by atoms with Crippen molar-refractivity contribution in [2.24, 2.45) is 5.92 Å². The Kier molecular flexibility index (Phi) is 14.0. The Morgan fingerprint density at radius 1 is 1.22 bits per heavy atom. The fraction of sp³-hybridized carbons (Fsp3) is 0.724. The average molecular weight is 599 g/mol. The van der Waals surface area contributed by atoms with Crippen molar-refractivity contribution >= 4 is 27.5 Å². The molecule has 0 saturated heterocycles. The number of likely N-dealkylation sites (N-methyl/N-ethyl adjacent to an activating group) is 1. The minimum atomic E-state index is -3.42. The van der Waals surface area contributed by atoms with Crippen molar-refractivity contribution < 1.29 is 32.6 Å². The van der Waals surface area contributed by atoms with Crippen LogP contribution < -0.4 is 10.1 Å². The molecule has 0 radical (unpaired) electrons. The summed E-state index contributed by atoms with van der Waals surface area (Å²) in [6, 6.07) is 4.55. The highest BCUT2D eigenvalue weighted by Gasteiger charge is 2.31. The average Bonchev–Trinajstić information content (AvgIpc) is 2.89. The first-order chi connectivity index (χ1) is 19.2. The summed E-state index contributed by atoms with van der Waals surface area (Å²) < 4.78 is 37.9. The number of benzene rings is 1. The number of carbonyl (C=O) groups is 2. The maximum atomic E-state index is 14.1. The standard InChI is InChI=1S/C29H50N4O7S/c1-21-18-33(22(2)20-34)29(36)25-17-24(30-28(35)12-10-15-31(4)5)13-14-26(25)40-23(3)11-8-9-16-39-27(21)19-32(6)41(7,37)38/h13-14,17,21-23,27,34H,8-12,15-16,18-20H2,1-7H3,(H,30,35)/t21-,22+,23-,27-/m0/s1. The zero-order valence-electron chi connectivity index (χ0n) is 25.8. The molecular weight excluding hydrogens is 548 g/mol. The van der Waals surface area contributed by atoms with Gasteiger partial charge in [-0.15, -0.1) is 0 Å². The number of rotatable bonds is 10. The van der Waals surface area contributed by atoms with Crippen LogP contribution >= 0.6 is 0 Å². The third-order valence-corrected chi connectivity index (χ3v) is 8.63. The molecule has 2 rings (SSSR count). The number of aliphatic hydroxyl groups is 1. The predicted octanol–water partition coefficient (Wildman–Crippen LogP) is 2.65.